The second-order valence-electron chi connectivity index (χ2n) is 10.2. The third-order valence-electron chi connectivity index (χ3n) is 9.50. The van der Waals surface area contributed by atoms with E-state index in [0.717, 1.165) is 38.0 Å². The minimum absolute atomic E-state index is 0.107. The van der Waals surface area contributed by atoms with Crippen LogP contribution in [0.15, 0.2) is 11.6 Å². The molecule has 0 amide bonds. The minimum Gasteiger partial charge on any atom is -0.389 e. The Morgan fingerprint density at radius 2 is 1.88 bits per heavy atom. The van der Waals surface area contributed by atoms with Crippen molar-refractivity contribution in [2.24, 2.45) is 34.5 Å². The summed E-state index contributed by atoms with van der Waals surface area (Å²) in [6, 6.07) is 0. The minimum atomic E-state index is -0.442. The molecule has 0 aliphatic heterocycles. The number of aliphatic hydroxyl groups is 1. The van der Waals surface area contributed by atoms with E-state index in [4.69, 9.17) is 0 Å². The molecule has 1 N–H and O–H groups in total. The van der Waals surface area contributed by atoms with Gasteiger partial charge in [-0.15, -0.1) is 0 Å². The zero-order valence-electron chi connectivity index (χ0n) is 16.6. The monoisotopic (exact) mass is 344 g/mol. The molecule has 0 heterocycles. The van der Waals surface area contributed by atoms with Crippen LogP contribution in [-0.2, 0) is 4.79 Å². The van der Waals surface area contributed by atoms with Crippen LogP contribution >= 0.6 is 0 Å². The molecule has 4 aliphatic carbocycles. The lowest BCUT2D eigenvalue weighted by atomic mass is 9.44. The van der Waals surface area contributed by atoms with Gasteiger partial charge in [-0.2, -0.15) is 0 Å². The second-order valence-corrected chi connectivity index (χ2v) is 10.2. The van der Waals surface area contributed by atoms with Gasteiger partial charge in [0.25, 0.3) is 0 Å². The molecule has 4 rings (SSSR count). The Morgan fingerprint density at radius 1 is 1.16 bits per heavy atom. The summed E-state index contributed by atoms with van der Waals surface area (Å²) >= 11 is 0. The number of carbonyl (C=O) groups is 1. The largest absolute Gasteiger partial charge is 0.389 e. The van der Waals surface area contributed by atoms with Crippen LogP contribution in [0.1, 0.15) is 85.5 Å². The van der Waals surface area contributed by atoms with Crippen LogP contribution in [-0.4, -0.2) is 16.5 Å². The van der Waals surface area contributed by atoms with Gasteiger partial charge in [-0.1, -0.05) is 39.7 Å². The first-order valence-corrected chi connectivity index (χ1v) is 10.7. The van der Waals surface area contributed by atoms with E-state index in [2.05, 4.69) is 27.7 Å². The molecular formula is C23H36O2. The van der Waals surface area contributed by atoms with Crippen molar-refractivity contribution in [3.8, 4) is 0 Å². The standard InChI is InChI=1S/C23H36O2/c1-5-10-23(25)12-9-19-18-7-6-16-14-17(24)13-15(2)22(16,4)20(18)8-11-21(19,23)3/h14-15,18-20,25H,5-13H2,1-4H3. The molecule has 0 aromatic carbocycles. The van der Waals surface area contributed by atoms with Gasteiger partial charge in [0.05, 0.1) is 5.60 Å². The second kappa shape index (κ2) is 5.68. The molecule has 4 aliphatic rings. The number of allylic oxidation sites excluding steroid dienone is 1. The predicted octanol–water partition coefficient (Wildman–Crippen LogP) is 5.30. The molecule has 25 heavy (non-hydrogen) atoms. The normalized spacial score (nSPS) is 52.2. The van der Waals surface area contributed by atoms with Crippen LogP contribution in [0, 0.1) is 34.5 Å². The summed E-state index contributed by atoms with van der Waals surface area (Å²) in [4.78, 5) is 12.1. The molecule has 7 unspecified atom stereocenters. The molecule has 140 valence electrons. The number of hydrogen-bond acceptors (Lipinski definition) is 2. The van der Waals surface area contributed by atoms with E-state index >= 15 is 0 Å². The first kappa shape index (κ1) is 17.8. The highest BCUT2D eigenvalue weighted by Crippen LogP contribution is 2.68. The van der Waals surface area contributed by atoms with Crippen LogP contribution in [0.25, 0.3) is 0 Å². The number of hydrogen-bond donors (Lipinski definition) is 1. The summed E-state index contributed by atoms with van der Waals surface area (Å²) in [5.74, 6) is 2.93. The molecule has 0 aromatic heterocycles. The fourth-order valence-electron chi connectivity index (χ4n) is 7.88. The Kier molecular flexibility index (Phi) is 4.04. The maximum absolute atomic E-state index is 12.1. The fourth-order valence-corrected chi connectivity index (χ4v) is 7.88. The van der Waals surface area contributed by atoms with Gasteiger partial charge >= 0.3 is 0 Å². The van der Waals surface area contributed by atoms with Crippen molar-refractivity contribution in [3.63, 3.8) is 0 Å². The number of ketones is 1. The van der Waals surface area contributed by atoms with Crippen molar-refractivity contribution < 1.29 is 9.90 Å². The first-order chi connectivity index (χ1) is 11.8. The van der Waals surface area contributed by atoms with E-state index in [1.54, 1.807) is 0 Å². The van der Waals surface area contributed by atoms with Crippen LogP contribution in [0.3, 0.4) is 0 Å². The molecule has 0 saturated heterocycles. The lowest BCUT2D eigenvalue weighted by molar-refractivity contribution is -0.138. The molecule has 2 heteroatoms. The lowest BCUT2D eigenvalue weighted by Crippen LogP contribution is -2.56. The van der Waals surface area contributed by atoms with E-state index in [1.807, 2.05) is 6.08 Å². The van der Waals surface area contributed by atoms with Gasteiger partial charge in [0.2, 0.25) is 0 Å². The first-order valence-electron chi connectivity index (χ1n) is 10.7. The van der Waals surface area contributed by atoms with Crippen molar-refractivity contribution in [2.75, 3.05) is 0 Å². The Morgan fingerprint density at radius 3 is 2.60 bits per heavy atom. The van der Waals surface area contributed by atoms with Crippen molar-refractivity contribution in [2.45, 2.75) is 91.1 Å². The van der Waals surface area contributed by atoms with Crippen LogP contribution < -0.4 is 0 Å². The summed E-state index contributed by atoms with van der Waals surface area (Å²) in [6.07, 6.45) is 11.7. The Hall–Kier alpha value is -0.630. The van der Waals surface area contributed by atoms with Crippen molar-refractivity contribution >= 4 is 5.78 Å². The van der Waals surface area contributed by atoms with Crippen molar-refractivity contribution in [3.05, 3.63) is 11.6 Å². The van der Waals surface area contributed by atoms with Gasteiger partial charge in [0.1, 0.15) is 0 Å². The molecule has 0 spiro atoms. The maximum Gasteiger partial charge on any atom is 0.155 e. The summed E-state index contributed by atoms with van der Waals surface area (Å²) in [5, 5.41) is 11.5. The molecular weight excluding hydrogens is 308 g/mol. The van der Waals surface area contributed by atoms with Crippen LogP contribution in [0.4, 0.5) is 0 Å². The van der Waals surface area contributed by atoms with Crippen LogP contribution in [0.5, 0.6) is 0 Å². The van der Waals surface area contributed by atoms with E-state index in [1.165, 1.54) is 31.3 Å². The lowest BCUT2D eigenvalue weighted by Gasteiger charge is -2.60. The highest BCUT2D eigenvalue weighted by atomic mass is 16.3. The van der Waals surface area contributed by atoms with E-state index < -0.39 is 5.60 Å². The predicted molar refractivity (Wildman–Crippen MR) is 101 cm³/mol. The van der Waals surface area contributed by atoms with E-state index in [0.29, 0.717) is 23.5 Å². The molecule has 2 nitrogen and oxygen atoms in total. The fraction of sp³-hybridized carbons (Fsp3) is 0.870. The van der Waals surface area contributed by atoms with Gasteiger partial charge in [-0.3, -0.25) is 4.79 Å². The molecule has 0 bridgehead atoms. The maximum atomic E-state index is 12.1. The average molecular weight is 345 g/mol. The zero-order valence-corrected chi connectivity index (χ0v) is 16.6. The van der Waals surface area contributed by atoms with Gasteiger partial charge in [-0.25, -0.2) is 0 Å². The zero-order chi connectivity index (χ0) is 18.0. The summed E-state index contributed by atoms with van der Waals surface area (Å²) in [7, 11) is 0. The number of fused-ring (bicyclic) bond motifs is 5. The Labute approximate surface area is 153 Å². The molecule has 0 aromatic rings. The molecule has 0 radical (unpaired) electrons. The van der Waals surface area contributed by atoms with E-state index in [-0.39, 0.29) is 10.8 Å². The SMILES string of the molecule is CCCC1(O)CCC2C3CCC4=CC(=O)CC(C)C4(C)C3CCC21C. The molecule has 7 atom stereocenters. The highest BCUT2D eigenvalue weighted by Gasteiger charge is 2.64. The van der Waals surface area contributed by atoms with Gasteiger partial charge in [-0.05, 0) is 85.5 Å². The summed E-state index contributed by atoms with van der Waals surface area (Å²) in [5.41, 5.74) is 1.32. The average Bonchev–Trinajstić information content (AvgIpc) is 2.81. The van der Waals surface area contributed by atoms with E-state index in [9.17, 15) is 9.90 Å². The van der Waals surface area contributed by atoms with Crippen molar-refractivity contribution in [1.82, 2.24) is 0 Å². The third kappa shape index (κ3) is 2.22. The topological polar surface area (TPSA) is 37.3 Å². The summed E-state index contributed by atoms with van der Waals surface area (Å²) in [6.45, 7) is 9.38. The smallest absolute Gasteiger partial charge is 0.155 e. The molecule has 3 saturated carbocycles. The van der Waals surface area contributed by atoms with Crippen LogP contribution in [0.2, 0.25) is 0 Å². The quantitative estimate of drug-likeness (QED) is 0.738. The Balaban J connectivity index is 1.69. The number of rotatable bonds is 2. The third-order valence-corrected chi connectivity index (χ3v) is 9.50. The number of carbonyl (C=O) groups excluding carboxylic acids is 1. The highest BCUT2D eigenvalue weighted by molar-refractivity contribution is 5.92. The van der Waals surface area contributed by atoms with Gasteiger partial charge in [0.15, 0.2) is 5.78 Å². The van der Waals surface area contributed by atoms with Crippen molar-refractivity contribution in [1.29, 1.82) is 0 Å². The van der Waals surface area contributed by atoms with Gasteiger partial charge < -0.3 is 5.11 Å². The Bertz CT molecular complexity index is 607. The summed E-state index contributed by atoms with van der Waals surface area (Å²) < 4.78 is 0. The molecule has 3 fully saturated rings. The van der Waals surface area contributed by atoms with Gasteiger partial charge in [0, 0.05) is 6.42 Å².